The molecule has 5 heteroatoms. The summed E-state index contributed by atoms with van der Waals surface area (Å²) in [5, 5.41) is 1.63. The molecule has 0 radical (unpaired) electrons. The van der Waals surface area contributed by atoms with E-state index in [4.69, 9.17) is 11.6 Å². The third-order valence-corrected chi connectivity index (χ3v) is 8.09. The van der Waals surface area contributed by atoms with Crippen LogP contribution < -0.4 is 0 Å². The van der Waals surface area contributed by atoms with E-state index in [9.17, 15) is 4.79 Å². The number of aromatic amines is 1. The molecule has 29 heavy (non-hydrogen) atoms. The van der Waals surface area contributed by atoms with E-state index in [1.54, 1.807) is 0 Å². The van der Waals surface area contributed by atoms with Crippen LogP contribution in [0, 0.1) is 11.8 Å². The Kier molecular flexibility index (Phi) is 4.28. The lowest BCUT2D eigenvalue weighted by atomic mass is 9.68. The van der Waals surface area contributed by atoms with Crippen molar-refractivity contribution in [2.24, 2.45) is 11.8 Å². The number of nitrogens with one attached hydrogen (secondary N) is 1. The molecule has 1 N–H and O–H groups in total. The fraction of sp³-hybridized carbons (Fsp3) is 0.542. The first-order valence-electron chi connectivity index (χ1n) is 11.2. The molecule has 4 atom stereocenters. The molecule has 4 nitrogen and oxygen atoms in total. The number of piperidine rings is 3. The molecule has 1 aromatic heterocycles. The van der Waals surface area contributed by atoms with E-state index in [2.05, 4.69) is 20.9 Å². The predicted octanol–water partition coefficient (Wildman–Crippen LogP) is 4.86. The van der Waals surface area contributed by atoms with Gasteiger partial charge in [-0.1, -0.05) is 35.7 Å². The molecule has 6 rings (SSSR count). The molecule has 2 aromatic rings. The van der Waals surface area contributed by atoms with Gasteiger partial charge in [0, 0.05) is 35.1 Å². The van der Waals surface area contributed by atoms with Crippen molar-refractivity contribution < 1.29 is 4.79 Å². The quantitative estimate of drug-likeness (QED) is 0.683. The standard InChI is InChI=1S/C24H28ClN3O/c25-19-6-3-7-20-18(19)13-21(26-20)24(29)28-10-4-5-15-11-16-12-17(23(15)28)14-27-9-2-1-8-22(16)27/h3,6-7,11,13,16-17,22-23,26H,1-2,4-5,8-10,12,14H2/t16-,17+,22?,23?/m1/s1. The van der Waals surface area contributed by atoms with Crippen LogP contribution >= 0.6 is 11.6 Å². The zero-order valence-corrected chi connectivity index (χ0v) is 17.5. The zero-order chi connectivity index (χ0) is 19.5. The summed E-state index contributed by atoms with van der Waals surface area (Å²) < 4.78 is 0. The third kappa shape index (κ3) is 2.87. The molecule has 152 valence electrons. The van der Waals surface area contributed by atoms with Crippen LogP contribution in [0.5, 0.6) is 0 Å². The van der Waals surface area contributed by atoms with Crippen molar-refractivity contribution in [3.05, 3.63) is 46.6 Å². The summed E-state index contributed by atoms with van der Waals surface area (Å²) in [6.45, 7) is 3.25. The fourth-order valence-electron chi connectivity index (χ4n) is 6.59. The van der Waals surface area contributed by atoms with Gasteiger partial charge in [0.15, 0.2) is 0 Å². The largest absolute Gasteiger partial charge is 0.350 e. The van der Waals surface area contributed by atoms with Gasteiger partial charge in [-0.05, 0) is 68.7 Å². The summed E-state index contributed by atoms with van der Waals surface area (Å²) in [6.07, 6.45) is 10.1. The number of hydrogen-bond donors (Lipinski definition) is 1. The number of rotatable bonds is 1. The average molecular weight is 410 g/mol. The van der Waals surface area contributed by atoms with Crippen LogP contribution in [0.15, 0.2) is 35.9 Å². The lowest BCUT2D eigenvalue weighted by Crippen LogP contribution is -2.60. The van der Waals surface area contributed by atoms with E-state index >= 15 is 0 Å². The summed E-state index contributed by atoms with van der Waals surface area (Å²) in [4.78, 5) is 21.8. The highest BCUT2D eigenvalue weighted by molar-refractivity contribution is 6.35. The highest BCUT2D eigenvalue weighted by atomic mass is 35.5. The molecule has 2 unspecified atom stereocenters. The van der Waals surface area contributed by atoms with E-state index in [1.807, 2.05) is 24.3 Å². The Hall–Kier alpha value is -1.78. The maximum Gasteiger partial charge on any atom is 0.270 e. The van der Waals surface area contributed by atoms with Crippen molar-refractivity contribution in [1.82, 2.24) is 14.8 Å². The number of benzene rings is 1. The molecule has 3 aliphatic heterocycles. The minimum Gasteiger partial charge on any atom is -0.350 e. The van der Waals surface area contributed by atoms with Crippen LogP contribution in [0.3, 0.4) is 0 Å². The van der Waals surface area contributed by atoms with Crippen molar-refractivity contribution in [2.45, 2.75) is 50.6 Å². The Balaban J connectivity index is 1.34. The molecule has 4 aliphatic rings. The second-order valence-corrected chi connectivity index (χ2v) is 9.80. The number of likely N-dealkylation sites (tertiary alicyclic amines) is 1. The minimum absolute atomic E-state index is 0.132. The smallest absolute Gasteiger partial charge is 0.270 e. The summed E-state index contributed by atoms with van der Waals surface area (Å²) >= 11 is 6.35. The molecule has 1 aromatic carbocycles. The average Bonchev–Trinajstić information content (AvgIpc) is 3.19. The Morgan fingerprint density at radius 3 is 3.00 bits per heavy atom. The molecule has 1 amide bonds. The zero-order valence-electron chi connectivity index (χ0n) is 16.7. The monoisotopic (exact) mass is 409 g/mol. The van der Waals surface area contributed by atoms with Gasteiger partial charge in [0.1, 0.15) is 5.69 Å². The normalized spacial score (nSPS) is 31.9. The molecule has 0 saturated carbocycles. The van der Waals surface area contributed by atoms with E-state index in [-0.39, 0.29) is 11.9 Å². The van der Waals surface area contributed by atoms with E-state index in [1.165, 1.54) is 37.8 Å². The third-order valence-electron chi connectivity index (χ3n) is 7.76. The van der Waals surface area contributed by atoms with Gasteiger partial charge in [0.2, 0.25) is 0 Å². The summed E-state index contributed by atoms with van der Waals surface area (Å²) in [5.41, 5.74) is 3.14. The van der Waals surface area contributed by atoms with Crippen molar-refractivity contribution in [1.29, 1.82) is 0 Å². The number of fused-ring (bicyclic) bond motifs is 7. The molecule has 0 spiro atoms. The van der Waals surface area contributed by atoms with Crippen LogP contribution in [-0.2, 0) is 0 Å². The van der Waals surface area contributed by atoms with Gasteiger partial charge in [-0.15, -0.1) is 0 Å². The number of halogens is 1. The van der Waals surface area contributed by atoms with E-state index < -0.39 is 0 Å². The number of carbonyl (C=O) groups is 1. The van der Waals surface area contributed by atoms with E-state index in [0.717, 1.165) is 42.9 Å². The molecule has 3 fully saturated rings. The Labute approximate surface area is 176 Å². The number of nitrogens with zero attached hydrogens (tertiary/aromatic N) is 2. The summed E-state index contributed by atoms with van der Waals surface area (Å²) in [5.74, 6) is 1.40. The van der Waals surface area contributed by atoms with Crippen LogP contribution in [-0.4, -0.2) is 52.4 Å². The van der Waals surface area contributed by atoms with Crippen LogP contribution in [0.1, 0.15) is 49.0 Å². The first-order chi connectivity index (χ1) is 14.2. The first-order valence-corrected chi connectivity index (χ1v) is 11.6. The van der Waals surface area contributed by atoms with Crippen molar-refractivity contribution in [2.75, 3.05) is 19.6 Å². The SMILES string of the molecule is O=C(c1cc2c(Cl)cccc2[nH]1)N1CCCC2=C[C@@H]3C[C@@H](CN4CCCCC34)C21. The summed E-state index contributed by atoms with van der Waals surface area (Å²) in [7, 11) is 0. The second kappa shape index (κ2) is 6.88. The highest BCUT2D eigenvalue weighted by Crippen LogP contribution is 2.45. The van der Waals surface area contributed by atoms with Gasteiger partial charge < -0.3 is 9.88 Å². The number of H-pyrrole nitrogens is 1. The van der Waals surface area contributed by atoms with Crippen LogP contribution in [0.2, 0.25) is 5.02 Å². The minimum atomic E-state index is 0.132. The molecule has 1 aliphatic carbocycles. The van der Waals surface area contributed by atoms with E-state index in [0.29, 0.717) is 22.6 Å². The Morgan fingerprint density at radius 1 is 1.17 bits per heavy atom. The lowest BCUT2D eigenvalue weighted by Gasteiger charge is -2.54. The second-order valence-electron chi connectivity index (χ2n) is 9.39. The number of hydrogen-bond acceptors (Lipinski definition) is 2. The summed E-state index contributed by atoms with van der Waals surface area (Å²) in [6, 6.07) is 8.75. The topological polar surface area (TPSA) is 39.3 Å². The molecular weight excluding hydrogens is 382 g/mol. The van der Waals surface area contributed by atoms with Crippen LogP contribution in [0.4, 0.5) is 0 Å². The predicted molar refractivity (Wildman–Crippen MR) is 116 cm³/mol. The van der Waals surface area contributed by atoms with Crippen LogP contribution in [0.25, 0.3) is 10.9 Å². The molecule has 3 saturated heterocycles. The van der Waals surface area contributed by atoms with Gasteiger partial charge in [-0.25, -0.2) is 0 Å². The van der Waals surface area contributed by atoms with Gasteiger partial charge in [-0.2, -0.15) is 0 Å². The Bertz CT molecular complexity index is 995. The maximum atomic E-state index is 13.6. The number of amides is 1. The lowest BCUT2D eigenvalue weighted by molar-refractivity contribution is 0.00134. The van der Waals surface area contributed by atoms with Crippen molar-refractivity contribution >= 4 is 28.4 Å². The van der Waals surface area contributed by atoms with Crippen molar-refractivity contribution in [3.8, 4) is 0 Å². The Morgan fingerprint density at radius 2 is 2.10 bits per heavy atom. The van der Waals surface area contributed by atoms with Gasteiger partial charge in [-0.3, -0.25) is 9.69 Å². The highest BCUT2D eigenvalue weighted by Gasteiger charge is 2.47. The van der Waals surface area contributed by atoms with Gasteiger partial charge in [0.25, 0.3) is 5.91 Å². The van der Waals surface area contributed by atoms with Crippen molar-refractivity contribution in [3.63, 3.8) is 0 Å². The maximum absolute atomic E-state index is 13.6. The molecule has 4 heterocycles. The fourth-order valence-corrected chi connectivity index (χ4v) is 6.82. The molecular formula is C24H28ClN3O. The van der Waals surface area contributed by atoms with Gasteiger partial charge in [0.05, 0.1) is 6.04 Å². The molecule has 2 bridgehead atoms. The number of aromatic nitrogens is 1. The van der Waals surface area contributed by atoms with Gasteiger partial charge >= 0.3 is 0 Å². The first kappa shape index (κ1) is 18.0. The number of carbonyl (C=O) groups excluding carboxylic acids is 1.